The maximum Gasteiger partial charge on any atom is 0.305 e. The fourth-order valence-corrected chi connectivity index (χ4v) is 2.24. The number of carbonyl (C=O) groups is 2. The molecule has 0 fully saturated rings. The summed E-state index contributed by atoms with van der Waals surface area (Å²) in [5.41, 5.74) is 1.77. The van der Waals surface area contributed by atoms with E-state index in [1.165, 1.54) is 0 Å². The molecule has 0 saturated carbocycles. The van der Waals surface area contributed by atoms with Gasteiger partial charge in [-0.05, 0) is 37.3 Å². The van der Waals surface area contributed by atoms with Gasteiger partial charge in [0.05, 0.1) is 12.5 Å². The van der Waals surface area contributed by atoms with E-state index < -0.39 is 18.1 Å². The molecule has 0 aromatic heterocycles. The number of carboxylic acids is 1. The van der Waals surface area contributed by atoms with Gasteiger partial charge in [0.25, 0.3) is 0 Å². The molecule has 128 valence electrons. The summed E-state index contributed by atoms with van der Waals surface area (Å²) < 4.78 is 5.53. The molecule has 1 amide bonds. The molecule has 23 heavy (non-hydrogen) atoms. The van der Waals surface area contributed by atoms with Crippen LogP contribution < -0.4 is 5.32 Å². The van der Waals surface area contributed by atoms with E-state index in [-0.39, 0.29) is 12.3 Å². The normalized spacial score (nSPS) is 13.6. The summed E-state index contributed by atoms with van der Waals surface area (Å²) in [4.78, 5) is 23.4. The lowest BCUT2D eigenvalue weighted by atomic mass is 9.98. The molecule has 0 spiro atoms. The number of nitrogens with one attached hydrogen (secondary N) is 1. The van der Waals surface area contributed by atoms with Crippen molar-refractivity contribution in [2.75, 3.05) is 6.61 Å². The van der Waals surface area contributed by atoms with Gasteiger partial charge in [0.1, 0.15) is 6.10 Å². The molecule has 2 N–H and O–H groups in total. The number of aryl methyl sites for hydroxylation is 1. The molecule has 1 aromatic carbocycles. The largest absolute Gasteiger partial charge is 0.481 e. The molecule has 0 aliphatic heterocycles. The quantitative estimate of drug-likeness (QED) is 0.733. The van der Waals surface area contributed by atoms with Crippen LogP contribution in [0.25, 0.3) is 0 Å². The first kappa shape index (κ1) is 19.2. The van der Waals surface area contributed by atoms with Gasteiger partial charge in [0, 0.05) is 6.61 Å². The molecule has 5 nitrogen and oxygen atoms in total. The number of hydrogen-bond donors (Lipinski definition) is 2. The standard InChI is InChI=1S/C18H27NO4/c1-12(2)9-10-23-14(4)18(22)19-16(11-17(20)21)15-8-6-5-7-13(15)3/h5-8,12,14,16H,9-11H2,1-4H3,(H,19,22)(H,20,21). The number of ether oxygens (including phenoxy) is 1. The van der Waals surface area contributed by atoms with Crippen molar-refractivity contribution in [2.24, 2.45) is 5.92 Å². The summed E-state index contributed by atoms with van der Waals surface area (Å²) in [6, 6.07) is 6.91. The van der Waals surface area contributed by atoms with E-state index in [9.17, 15) is 9.59 Å². The molecule has 0 heterocycles. The Morgan fingerprint density at radius 3 is 2.43 bits per heavy atom. The lowest BCUT2D eigenvalue weighted by Crippen LogP contribution is -2.38. The van der Waals surface area contributed by atoms with Crippen LogP contribution in [0.2, 0.25) is 0 Å². The third-order valence-electron chi connectivity index (χ3n) is 3.69. The zero-order chi connectivity index (χ0) is 17.4. The van der Waals surface area contributed by atoms with Crippen molar-refractivity contribution in [3.8, 4) is 0 Å². The van der Waals surface area contributed by atoms with Crippen molar-refractivity contribution in [3.05, 3.63) is 35.4 Å². The fourth-order valence-electron chi connectivity index (χ4n) is 2.24. The summed E-state index contributed by atoms with van der Waals surface area (Å²) in [5.74, 6) is -0.729. The monoisotopic (exact) mass is 321 g/mol. The minimum Gasteiger partial charge on any atom is -0.481 e. The zero-order valence-electron chi connectivity index (χ0n) is 14.3. The average Bonchev–Trinajstić information content (AvgIpc) is 2.46. The average molecular weight is 321 g/mol. The molecule has 0 bridgehead atoms. The van der Waals surface area contributed by atoms with Crippen molar-refractivity contribution >= 4 is 11.9 Å². The molecule has 1 rings (SSSR count). The van der Waals surface area contributed by atoms with E-state index in [4.69, 9.17) is 9.84 Å². The van der Waals surface area contributed by atoms with E-state index in [1.54, 1.807) is 6.92 Å². The summed E-state index contributed by atoms with van der Waals surface area (Å²) in [5, 5.41) is 11.9. The van der Waals surface area contributed by atoms with Gasteiger partial charge in [-0.25, -0.2) is 0 Å². The van der Waals surface area contributed by atoms with Gasteiger partial charge in [0.15, 0.2) is 0 Å². The Morgan fingerprint density at radius 1 is 1.22 bits per heavy atom. The summed E-state index contributed by atoms with van der Waals surface area (Å²) >= 11 is 0. The van der Waals surface area contributed by atoms with Crippen molar-refractivity contribution < 1.29 is 19.4 Å². The Kier molecular flexibility index (Phi) is 7.75. The summed E-state index contributed by atoms with van der Waals surface area (Å²) in [7, 11) is 0. The van der Waals surface area contributed by atoms with Crippen LogP contribution in [0.15, 0.2) is 24.3 Å². The van der Waals surface area contributed by atoms with Gasteiger partial charge in [-0.15, -0.1) is 0 Å². The smallest absolute Gasteiger partial charge is 0.305 e. The van der Waals surface area contributed by atoms with E-state index in [2.05, 4.69) is 19.2 Å². The first-order valence-corrected chi connectivity index (χ1v) is 8.00. The van der Waals surface area contributed by atoms with E-state index >= 15 is 0 Å². The van der Waals surface area contributed by atoms with Gasteiger partial charge >= 0.3 is 5.97 Å². The van der Waals surface area contributed by atoms with Gasteiger partial charge in [-0.2, -0.15) is 0 Å². The summed E-state index contributed by atoms with van der Waals surface area (Å²) in [6.07, 6.45) is 0.123. The highest BCUT2D eigenvalue weighted by atomic mass is 16.5. The van der Waals surface area contributed by atoms with Crippen LogP contribution in [0.3, 0.4) is 0 Å². The molecule has 0 radical (unpaired) electrons. The van der Waals surface area contributed by atoms with Crippen molar-refractivity contribution in [3.63, 3.8) is 0 Å². The highest BCUT2D eigenvalue weighted by molar-refractivity contribution is 5.81. The Labute approximate surface area is 138 Å². The predicted octanol–water partition coefficient (Wildman–Crippen LogP) is 3.08. The molecular weight excluding hydrogens is 294 g/mol. The number of benzene rings is 1. The van der Waals surface area contributed by atoms with Crippen LogP contribution in [0, 0.1) is 12.8 Å². The van der Waals surface area contributed by atoms with Crippen LogP contribution in [0.5, 0.6) is 0 Å². The van der Waals surface area contributed by atoms with E-state index in [1.807, 2.05) is 31.2 Å². The third kappa shape index (κ3) is 6.82. The van der Waals surface area contributed by atoms with E-state index in [0.717, 1.165) is 17.5 Å². The van der Waals surface area contributed by atoms with Gasteiger partial charge in [-0.3, -0.25) is 9.59 Å². The fraction of sp³-hybridized carbons (Fsp3) is 0.556. The SMILES string of the molecule is Cc1ccccc1C(CC(=O)O)NC(=O)C(C)OCCC(C)C. The lowest BCUT2D eigenvalue weighted by Gasteiger charge is -2.22. The molecule has 0 aliphatic rings. The first-order valence-electron chi connectivity index (χ1n) is 8.00. The molecule has 0 aliphatic carbocycles. The minimum absolute atomic E-state index is 0.157. The minimum atomic E-state index is -0.952. The highest BCUT2D eigenvalue weighted by Gasteiger charge is 2.22. The molecule has 2 unspecified atom stereocenters. The Hall–Kier alpha value is -1.88. The second-order valence-electron chi connectivity index (χ2n) is 6.21. The van der Waals surface area contributed by atoms with Crippen LogP contribution in [-0.4, -0.2) is 29.7 Å². The third-order valence-corrected chi connectivity index (χ3v) is 3.69. The van der Waals surface area contributed by atoms with Crippen LogP contribution in [0.1, 0.15) is 50.8 Å². The Morgan fingerprint density at radius 2 is 1.87 bits per heavy atom. The maximum atomic E-state index is 12.3. The first-order chi connectivity index (χ1) is 10.8. The van der Waals surface area contributed by atoms with Crippen molar-refractivity contribution in [2.45, 2.75) is 52.7 Å². The van der Waals surface area contributed by atoms with Crippen molar-refractivity contribution in [1.82, 2.24) is 5.32 Å². The number of amides is 1. The Bertz CT molecular complexity index is 528. The molecule has 0 saturated heterocycles. The summed E-state index contributed by atoms with van der Waals surface area (Å²) in [6.45, 7) is 8.29. The van der Waals surface area contributed by atoms with Crippen LogP contribution in [-0.2, 0) is 14.3 Å². The predicted molar refractivity (Wildman–Crippen MR) is 89.2 cm³/mol. The molecule has 2 atom stereocenters. The zero-order valence-corrected chi connectivity index (χ0v) is 14.3. The molecule has 5 heteroatoms. The number of carbonyl (C=O) groups excluding carboxylic acids is 1. The van der Waals surface area contributed by atoms with Gasteiger partial charge < -0.3 is 15.2 Å². The topological polar surface area (TPSA) is 75.6 Å². The van der Waals surface area contributed by atoms with Gasteiger partial charge in [0.2, 0.25) is 5.91 Å². The van der Waals surface area contributed by atoms with Crippen molar-refractivity contribution in [1.29, 1.82) is 0 Å². The lowest BCUT2D eigenvalue weighted by molar-refractivity contribution is -0.138. The maximum absolute atomic E-state index is 12.3. The molecular formula is C18H27NO4. The second-order valence-corrected chi connectivity index (χ2v) is 6.21. The highest BCUT2D eigenvalue weighted by Crippen LogP contribution is 2.21. The van der Waals surface area contributed by atoms with Crippen LogP contribution >= 0.6 is 0 Å². The number of aliphatic carboxylic acids is 1. The number of carboxylic acid groups (broad SMARTS) is 1. The van der Waals surface area contributed by atoms with E-state index in [0.29, 0.717) is 12.5 Å². The van der Waals surface area contributed by atoms with Crippen LogP contribution in [0.4, 0.5) is 0 Å². The Balaban J connectivity index is 2.72. The number of rotatable bonds is 9. The molecule has 1 aromatic rings. The van der Waals surface area contributed by atoms with Gasteiger partial charge in [-0.1, -0.05) is 38.1 Å². The number of hydrogen-bond acceptors (Lipinski definition) is 3. The second kappa shape index (κ2) is 9.30.